The molecule has 2 aromatic rings. The van der Waals surface area contributed by atoms with E-state index >= 15 is 0 Å². The molecule has 2 N–H and O–H groups in total. The Morgan fingerprint density at radius 3 is 2.40 bits per heavy atom. The van der Waals surface area contributed by atoms with E-state index < -0.39 is 5.97 Å². The van der Waals surface area contributed by atoms with Crippen LogP contribution in [-0.4, -0.2) is 40.6 Å². The van der Waals surface area contributed by atoms with Crippen molar-refractivity contribution < 1.29 is 14.3 Å². The van der Waals surface area contributed by atoms with Crippen LogP contribution < -0.4 is 15.4 Å². The van der Waals surface area contributed by atoms with Gasteiger partial charge in [0.15, 0.2) is 0 Å². The molecule has 0 bridgehead atoms. The highest BCUT2D eigenvalue weighted by Crippen LogP contribution is 2.21. The summed E-state index contributed by atoms with van der Waals surface area (Å²) in [4.78, 5) is 24.3. The number of hydrogen-bond donors (Lipinski definition) is 2. The molecule has 2 rings (SSSR count). The van der Waals surface area contributed by atoms with Crippen molar-refractivity contribution in [3.63, 3.8) is 0 Å². The highest BCUT2D eigenvalue weighted by molar-refractivity contribution is 5.89. The lowest BCUT2D eigenvalue weighted by atomic mass is 10.2. The average Bonchev–Trinajstić information content (AvgIpc) is 2.61. The molecule has 0 amide bonds. The van der Waals surface area contributed by atoms with E-state index in [0.29, 0.717) is 29.8 Å². The van der Waals surface area contributed by atoms with Crippen LogP contribution in [0.4, 0.5) is 11.9 Å². The fraction of sp³-hybridized carbons (Fsp3) is 0.412. The maximum atomic E-state index is 11.5. The van der Waals surface area contributed by atoms with Gasteiger partial charge in [-0.2, -0.15) is 15.0 Å². The van der Waals surface area contributed by atoms with Crippen LogP contribution in [0.15, 0.2) is 24.3 Å². The van der Waals surface area contributed by atoms with Crippen molar-refractivity contribution in [1.29, 1.82) is 0 Å². The first-order chi connectivity index (χ1) is 12.0. The second-order valence-corrected chi connectivity index (χ2v) is 5.37. The number of benzene rings is 1. The van der Waals surface area contributed by atoms with Gasteiger partial charge in [-0.3, -0.25) is 0 Å². The molecule has 8 nitrogen and oxygen atoms in total. The summed E-state index contributed by atoms with van der Waals surface area (Å²) < 4.78 is 10.4. The summed E-state index contributed by atoms with van der Waals surface area (Å²) in [5, 5.41) is 6.26. The molecule has 1 aromatic heterocycles. The molecule has 0 fully saturated rings. The van der Waals surface area contributed by atoms with E-state index in [2.05, 4.69) is 37.2 Å². The summed E-state index contributed by atoms with van der Waals surface area (Å²) >= 11 is 0. The van der Waals surface area contributed by atoms with Crippen LogP contribution in [0.5, 0.6) is 11.8 Å². The summed E-state index contributed by atoms with van der Waals surface area (Å²) in [6.07, 6.45) is 0.938. The van der Waals surface area contributed by atoms with Crippen molar-refractivity contribution >= 4 is 17.9 Å². The Morgan fingerprint density at radius 2 is 1.80 bits per heavy atom. The van der Waals surface area contributed by atoms with Crippen LogP contribution in [0.2, 0.25) is 0 Å². The van der Waals surface area contributed by atoms with Gasteiger partial charge in [-0.05, 0) is 44.5 Å². The van der Waals surface area contributed by atoms with Crippen molar-refractivity contribution in [2.45, 2.75) is 33.2 Å². The molecule has 1 atom stereocenters. The fourth-order valence-corrected chi connectivity index (χ4v) is 1.91. The van der Waals surface area contributed by atoms with E-state index in [9.17, 15) is 4.79 Å². The fourth-order valence-electron chi connectivity index (χ4n) is 1.91. The smallest absolute Gasteiger partial charge is 0.337 e. The molecule has 0 aliphatic carbocycles. The van der Waals surface area contributed by atoms with Gasteiger partial charge in [-0.25, -0.2) is 4.79 Å². The topological polar surface area (TPSA) is 98.3 Å². The molecule has 0 radical (unpaired) electrons. The Bertz CT molecular complexity index is 706. The van der Waals surface area contributed by atoms with Crippen molar-refractivity contribution in [1.82, 2.24) is 15.0 Å². The van der Waals surface area contributed by atoms with Crippen LogP contribution >= 0.6 is 0 Å². The number of ether oxygens (including phenoxy) is 2. The van der Waals surface area contributed by atoms with E-state index in [1.807, 2.05) is 13.8 Å². The van der Waals surface area contributed by atoms with E-state index in [4.69, 9.17) is 4.74 Å². The number of nitrogens with zero attached hydrogens (tertiary/aromatic N) is 3. The maximum absolute atomic E-state index is 11.5. The lowest BCUT2D eigenvalue weighted by Crippen LogP contribution is -2.17. The lowest BCUT2D eigenvalue weighted by Gasteiger charge is -2.13. The SMILES string of the molecule is CCNc1nc(N[C@@H](C)CC)nc(Oc2ccc(C(=O)OC)cc2)n1. The standard InChI is InChI=1S/C17H23N5O3/c1-5-11(3)19-16-20-15(18-6-2)21-17(22-16)25-13-9-7-12(8-10-13)14(23)24-4/h7-11H,5-6H2,1-4H3,(H2,18,19,20,21,22)/t11-/m0/s1. The first kappa shape index (κ1) is 18.4. The van der Waals surface area contributed by atoms with Crippen molar-refractivity contribution in [3.05, 3.63) is 29.8 Å². The third-order valence-corrected chi connectivity index (χ3v) is 3.42. The third-order valence-electron chi connectivity index (χ3n) is 3.42. The number of hydrogen-bond acceptors (Lipinski definition) is 8. The Kier molecular flexibility index (Phi) is 6.50. The molecule has 25 heavy (non-hydrogen) atoms. The second kappa shape index (κ2) is 8.81. The summed E-state index contributed by atoms with van der Waals surface area (Å²) in [7, 11) is 1.34. The molecule has 134 valence electrons. The number of anilines is 2. The number of methoxy groups -OCH3 is 1. The van der Waals surface area contributed by atoms with Gasteiger partial charge in [0, 0.05) is 12.6 Å². The normalized spacial score (nSPS) is 11.5. The number of carbonyl (C=O) groups excluding carboxylic acids is 1. The summed E-state index contributed by atoms with van der Waals surface area (Å²) in [6, 6.07) is 6.94. The highest BCUT2D eigenvalue weighted by atomic mass is 16.5. The summed E-state index contributed by atoms with van der Waals surface area (Å²) in [5.74, 6) is 0.989. The van der Waals surface area contributed by atoms with Gasteiger partial charge < -0.3 is 20.1 Å². The zero-order valence-electron chi connectivity index (χ0n) is 14.9. The van der Waals surface area contributed by atoms with E-state index in [1.165, 1.54) is 7.11 Å². The minimum atomic E-state index is -0.402. The van der Waals surface area contributed by atoms with E-state index in [0.717, 1.165) is 6.42 Å². The van der Waals surface area contributed by atoms with E-state index in [1.54, 1.807) is 24.3 Å². The molecule has 1 aromatic carbocycles. The van der Waals surface area contributed by atoms with Gasteiger partial charge in [0.25, 0.3) is 0 Å². The molecule has 0 unspecified atom stereocenters. The molecule has 0 saturated carbocycles. The molecule has 8 heteroatoms. The van der Waals surface area contributed by atoms with Crippen molar-refractivity contribution in [2.75, 3.05) is 24.3 Å². The Hall–Kier alpha value is -2.90. The first-order valence-corrected chi connectivity index (χ1v) is 8.18. The minimum Gasteiger partial charge on any atom is -0.465 e. The molecule has 0 aliphatic rings. The van der Waals surface area contributed by atoms with E-state index in [-0.39, 0.29) is 12.1 Å². The predicted molar refractivity (Wildman–Crippen MR) is 95.2 cm³/mol. The first-order valence-electron chi connectivity index (χ1n) is 8.18. The van der Waals surface area contributed by atoms with Crippen LogP contribution in [0, 0.1) is 0 Å². The van der Waals surface area contributed by atoms with Gasteiger partial charge >= 0.3 is 12.0 Å². The summed E-state index contributed by atoms with van der Waals surface area (Å²) in [5.41, 5.74) is 0.443. The van der Waals surface area contributed by atoms with Crippen LogP contribution in [0.1, 0.15) is 37.6 Å². The summed E-state index contributed by atoms with van der Waals surface area (Å²) in [6.45, 7) is 6.75. The predicted octanol–water partition coefficient (Wildman–Crippen LogP) is 3.09. The lowest BCUT2D eigenvalue weighted by molar-refractivity contribution is 0.0600. The zero-order valence-corrected chi connectivity index (χ0v) is 14.9. The second-order valence-electron chi connectivity index (χ2n) is 5.37. The zero-order chi connectivity index (χ0) is 18.2. The molecule has 0 aliphatic heterocycles. The van der Waals surface area contributed by atoms with Crippen molar-refractivity contribution in [3.8, 4) is 11.8 Å². The van der Waals surface area contributed by atoms with Gasteiger partial charge in [0.05, 0.1) is 12.7 Å². The van der Waals surface area contributed by atoms with Gasteiger partial charge in [-0.15, -0.1) is 0 Å². The van der Waals surface area contributed by atoms with Crippen molar-refractivity contribution in [2.24, 2.45) is 0 Å². The Balaban J connectivity index is 2.20. The minimum absolute atomic E-state index is 0.169. The highest BCUT2D eigenvalue weighted by Gasteiger charge is 2.11. The monoisotopic (exact) mass is 345 g/mol. The molecular formula is C17H23N5O3. The van der Waals surface area contributed by atoms with Gasteiger partial charge in [-0.1, -0.05) is 6.92 Å². The molecule has 1 heterocycles. The average molecular weight is 345 g/mol. The number of carbonyl (C=O) groups is 1. The molecular weight excluding hydrogens is 322 g/mol. The molecule has 0 saturated heterocycles. The third kappa shape index (κ3) is 5.30. The Morgan fingerprint density at radius 1 is 1.12 bits per heavy atom. The quantitative estimate of drug-likeness (QED) is 0.704. The molecule has 0 spiro atoms. The maximum Gasteiger partial charge on any atom is 0.337 e. The number of rotatable bonds is 8. The largest absolute Gasteiger partial charge is 0.465 e. The number of aromatic nitrogens is 3. The van der Waals surface area contributed by atoms with Crippen LogP contribution in [0.25, 0.3) is 0 Å². The number of esters is 1. The van der Waals surface area contributed by atoms with Gasteiger partial charge in [0.2, 0.25) is 11.9 Å². The number of nitrogens with one attached hydrogen (secondary N) is 2. The Labute approximate surface area is 147 Å². The van der Waals surface area contributed by atoms with Gasteiger partial charge in [0.1, 0.15) is 5.75 Å². The van der Waals surface area contributed by atoms with Crippen LogP contribution in [-0.2, 0) is 4.74 Å². The van der Waals surface area contributed by atoms with Crippen LogP contribution in [0.3, 0.4) is 0 Å².